The third-order valence-electron chi connectivity index (χ3n) is 2.76. The molecule has 0 aromatic carbocycles. The number of alkyl halides is 1. The van der Waals surface area contributed by atoms with Gasteiger partial charge in [0, 0.05) is 11.9 Å². The largest absolute Gasteiger partial charge is 0.377 e. The first-order chi connectivity index (χ1) is 8.13. The molecule has 4 nitrogen and oxygen atoms in total. The number of hydrogen-bond acceptors (Lipinski definition) is 4. The summed E-state index contributed by atoms with van der Waals surface area (Å²) in [5, 5.41) is 1.68. The molecule has 0 saturated carbocycles. The van der Waals surface area contributed by atoms with Crippen molar-refractivity contribution in [3.05, 3.63) is 15.6 Å². The monoisotopic (exact) mass is 318 g/mol. The number of halogens is 1. The van der Waals surface area contributed by atoms with Gasteiger partial charge in [-0.1, -0.05) is 15.9 Å². The zero-order valence-electron chi connectivity index (χ0n) is 9.90. The molecular weight excluding hydrogens is 304 g/mol. The molecule has 94 valence electrons. The van der Waals surface area contributed by atoms with Gasteiger partial charge in [0.05, 0.1) is 30.0 Å². The molecule has 1 aromatic rings. The van der Waals surface area contributed by atoms with Crippen molar-refractivity contribution >= 4 is 33.2 Å². The van der Waals surface area contributed by atoms with Crippen LogP contribution in [0.15, 0.2) is 0 Å². The van der Waals surface area contributed by atoms with Gasteiger partial charge in [-0.05, 0) is 13.8 Å². The predicted molar refractivity (Wildman–Crippen MR) is 71.0 cm³/mol. The van der Waals surface area contributed by atoms with Crippen LogP contribution in [0.25, 0.3) is 0 Å². The fourth-order valence-corrected chi connectivity index (χ4v) is 3.32. The molecule has 0 N–H and O–H groups in total. The third kappa shape index (κ3) is 2.69. The van der Waals surface area contributed by atoms with Crippen molar-refractivity contribution in [1.82, 2.24) is 9.88 Å². The van der Waals surface area contributed by atoms with E-state index < -0.39 is 0 Å². The van der Waals surface area contributed by atoms with Gasteiger partial charge in [-0.3, -0.25) is 4.79 Å². The van der Waals surface area contributed by atoms with Gasteiger partial charge in [-0.25, -0.2) is 4.98 Å². The average molecular weight is 319 g/mol. The Kier molecular flexibility index (Phi) is 4.17. The maximum absolute atomic E-state index is 12.4. The molecule has 1 aliphatic rings. The lowest BCUT2D eigenvalue weighted by molar-refractivity contribution is 0.00547. The number of carbonyl (C=O) groups excluding carboxylic acids is 1. The molecule has 17 heavy (non-hydrogen) atoms. The van der Waals surface area contributed by atoms with E-state index in [0.717, 1.165) is 20.9 Å². The van der Waals surface area contributed by atoms with E-state index >= 15 is 0 Å². The van der Waals surface area contributed by atoms with Crippen molar-refractivity contribution in [3.63, 3.8) is 0 Å². The van der Waals surface area contributed by atoms with Crippen LogP contribution in [0.3, 0.4) is 0 Å². The van der Waals surface area contributed by atoms with Gasteiger partial charge in [0.15, 0.2) is 0 Å². The quantitative estimate of drug-likeness (QED) is 0.783. The molecule has 1 saturated heterocycles. The molecule has 1 amide bonds. The smallest absolute Gasteiger partial charge is 0.266 e. The summed E-state index contributed by atoms with van der Waals surface area (Å²) in [5.74, 6) is 0.0841. The van der Waals surface area contributed by atoms with E-state index in [1.807, 2.05) is 18.7 Å². The summed E-state index contributed by atoms with van der Waals surface area (Å²) < 4.78 is 5.39. The lowest BCUT2D eigenvalue weighted by Gasteiger charge is -2.34. The number of amides is 1. The number of aryl methyl sites for hydroxylation is 2. The molecule has 0 bridgehead atoms. The highest BCUT2D eigenvalue weighted by Gasteiger charge is 2.29. The molecule has 2 rings (SSSR count). The Morgan fingerprint density at radius 2 is 2.41 bits per heavy atom. The summed E-state index contributed by atoms with van der Waals surface area (Å²) in [4.78, 5) is 19.4. The van der Waals surface area contributed by atoms with E-state index in [-0.39, 0.29) is 11.9 Å². The summed E-state index contributed by atoms with van der Waals surface area (Å²) in [6.45, 7) is 5.70. The van der Waals surface area contributed by atoms with Crippen LogP contribution < -0.4 is 0 Å². The van der Waals surface area contributed by atoms with Crippen molar-refractivity contribution in [1.29, 1.82) is 0 Å². The standard InChI is InChI=1S/C11H15BrN2O2S/c1-7-10(17-8(2)13-7)11(15)14-3-4-16-6-9(14)5-12/h9H,3-6H2,1-2H3. The van der Waals surface area contributed by atoms with E-state index in [4.69, 9.17) is 4.74 Å². The molecule has 0 spiro atoms. The van der Waals surface area contributed by atoms with E-state index in [0.29, 0.717) is 19.8 Å². The molecule has 1 aliphatic heterocycles. The molecule has 6 heteroatoms. The van der Waals surface area contributed by atoms with Crippen LogP contribution in [0.5, 0.6) is 0 Å². The SMILES string of the molecule is Cc1nc(C)c(C(=O)N2CCOCC2CBr)s1. The minimum absolute atomic E-state index is 0.0841. The first-order valence-electron chi connectivity index (χ1n) is 5.52. The van der Waals surface area contributed by atoms with E-state index in [1.165, 1.54) is 11.3 Å². The van der Waals surface area contributed by atoms with Crippen molar-refractivity contribution < 1.29 is 9.53 Å². The molecule has 0 aliphatic carbocycles. The number of rotatable bonds is 2. The van der Waals surface area contributed by atoms with Gasteiger partial charge in [-0.2, -0.15) is 0 Å². The number of carbonyl (C=O) groups is 1. The maximum atomic E-state index is 12.4. The summed E-state index contributed by atoms with van der Waals surface area (Å²) in [5.41, 5.74) is 0.831. The van der Waals surface area contributed by atoms with Crippen molar-refractivity contribution in [2.24, 2.45) is 0 Å². The Bertz CT molecular complexity index is 422. The van der Waals surface area contributed by atoms with Gasteiger partial charge < -0.3 is 9.64 Å². The van der Waals surface area contributed by atoms with Gasteiger partial charge in [0.1, 0.15) is 4.88 Å². The zero-order valence-corrected chi connectivity index (χ0v) is 12.3. The first kappa shape index (κ1) is 13.0. The van der Waals surface area contributed by atoms with E-state index in [2.05, 4.69) is 20.9 Å². The Morgan fingerprint density at radius 1 is 1.65 bits per heavy atom. The normalized spacial score (nSPS) is 20.6. The molecule has 1 aromatic heterocycles. The molecule has 1 atom stereocenters. The topological polar surface area (TPSA) is 42.4 Å². The van der Waals surface area contributed by atoms with E-state index in [9.17, 15) is 4.79 Å². The number of thiazole rings is 1. The fourth-order valence-electron chi connectivity index (χ4n) is 1.91. The van der Waals surface area contributed by atoms with Gasteiger partial charge in [-0.15, -0.1) is 11.3 Å². The van der Waals surface area contributed by atoms with Crippen LogP contribution in [0, 0.1) is 13.8 Å². The van der Waals surface area contributed by atoms with Crippen LogP contribution in [0.2, 0.25) is 0 Å². The van der Waals surface area contributed by atoms with Crippen molar-refractivity contribution in [3.8, 4) is 0 Å². The van der Waals surface area contributed by atoms with Crippen molar-refractivity contribution in [2.75, 3.05) is 25.1 Å². The van der Waals surface area contributed by atoms with E-state index in [1.54, 1.807) is 0 Å². The number of hydrogen-bond donors (Lipinski definition) is 0. The third-order valence-corrected chi connectivity index (χ3v) is 4.57. The summed E-state index contributed by atoms with van der Waals surface area (Å²) in [7, 11) is 0. The molecular formula is C11H15BrN2O2S. The minimum Gasteiger partial charge on any atom is -0.377 e. The number of ether oxygens (including phenoxy) is 1. The summed E-state index contributed by atoms with van der Waals surface area (Å²) in [6, 6.07) is 0.123. The van der Waals surface area contributed by atoms with Gasteiger partial charge >= 0.3 is 0 Å². The van der Waals surface area contributed by atoms with Crippen LogP contribution in [0.4, 0.5) is 0 Å². The summed E-state index contributed by atoms with van der Waals surface area (Å²) >= 11 is 4.90. The van der Waals surface area contributed by atoms with Crippen molar-refractivity contribution in [2.45, 2.75) is 19.9 Å². The molecule has 1 unspecified atom stereocenters. The van der Waals surface area contributed by atoms with Gasteiger partial charge in [0.25, 0.3) is 5.91 Å². The lowest BCUT2D eigenvalue weighted by Crippen LogP contribution is -2.49. The number of morpholine rings is 1. The fraction of sp³-hybridized carbons (Fsp3) is 0.636. The highest BCUT2D eigenvalue weighted by molar-refractivity contribution is 9.09. The summed E-state index contributed by atoms with van der Waals surface area (Å²) in [6.07, 6.45) is 0. The maximum Gasteiger partial charge on any atom is 0.266 e. The Morgan fingerprint density at radius 3 is 3.00 bits per heavy atom. The van der Waals surface area contributed by atoms with Crippen LogP contribution in [0.1, 0.15) is 20.4 Å². The second kappa shape index (κ2) is 5.46. The Balaban J connectivity index is 2.21. The molecule has 1 fully saturated rings. The van der Waals surface area contributed by atoms with Crippen LogP contribution in [-0.2, 0) is 4.74 Å². The lowest BCUT2D eigenvalue weighted by atomic mass is 10.2. The molecule has 2 heterocycles. The van der Waals surface area contributed by atoms with Gasteiger partial charge in [0.2, 0.25) is 0 Å². The Hall–Kier alpha value is -0.460. The average Bonchev–Trinajstić information content (AvgIpc) is 2.67. The first-order valence-corrected chi connectivity index (χ1v) is 7.46. The zero-order chi connectivity index (χ0) is 12.4. The highest BCUT2D eigenvalue weighted by Crippen LogP contribution is 2.22. The Labute approximate surface area is 113 Å². The predicted octanol–water partition coefficient (Wildman–Crippen LogP) is 2.00. The second-order valence-corrected chi connectivity index (χ2v) is 5.88. The van der Waals surface area contributed by atoms with Crippen LogP contribution in [-0.4, -0.2) is 46.9 Å². The highest BCUT2D eigenvalue weighted by atomic mass is 79.9. The van der Waals surface area contributed by atoms with Crippen LogP contribution >= 0.6 is 27.3 Å². The number of nitrogens with zero attached hydrogens (tertiary/aromatic N) is 2. The number of aromatic nitrogens is 1. The molecule has 0 radical (unpaired) electrons. The minimum atomic E-state index is 0.0841. The second-order valence-electron chi connectivity index (χ2n) is 4.03.